The van der Waals surface area contributed by atoms with Gasteiger partial charge in [-0.15, -0.1) is 0 Å². The molecule has 2 nitrogen and oxygen atoms in total. The second kappa shape index (κ2) is 8.85. The van der Waals surface area contributed by atoms with Crippen molar-refractivity contribution in [3.63, 3.8) is 0 Å². The van der Waals surface area contributed by atoms with E-state index >= 15 is 0 Å². The summed E-state index contributed by atoms with van der Waals surface area (Å²) in [4.78, 5) is 0. The minimum Gasteiger partial charge on any atom is -0.497 e. The number of ether oxygens (including phenoxy) is 2. The molecule has 112 valence electrons. The van der Waals surface area contributed by atoms with Crippen molar-refractivity contribution in [2.45, 2.75) is 25.9 Å². The molecule has 3 heteroatoms. The van der Waals surface area contributed by atoms with Crippen molar-refractivity contribution in [3.05, 3.63) is 64.1 Å². The number of methoxy groups -OCH3 is 1. The Hall–Kier alpha value is -1.32. The smallest absolute Gasteiger partial charge is 0.118 e. The van der Waals surface area contributed by atoms with Gasteiger partial charge in [0.25, 0.3) is 0 Å². The average Bonchev–Trinajstić information content (AvgIpc) is 2.53. The Morgan fingerprint density at radius 3 is 2.43 bits per heavy atom. The molecule has 0 aromatic heterocycles. The van der Waals surface area contributed by atoms with Crippen molar-refractivity contribution in [1.29, 1.82) is 0 Å². The van der Waals surface area contributed by atoms with Crippen LogP contribution in [0.2, 0.25) is 0 Å². The van der Waals surface area contributed by atoms with Crippen LogP contribution in [0.5, 0.6) is 5.75 Å². The topological polar surface area (TPSA) is 18.5 Å². The third-order valence-corrected chi connectivity index (χ3v) is 4.14. The van der Waals surface area contributed by atoms with Crippen LogP contribution in [-0.4, -0.2) is 13.7 Å². The predicted octanol–water partition coefficient (Wildman–Crippen LogP) is 5.00. The van der Waals surface area contributed by atoms with Gasteiger partial charge in [0.1, 0.15) is 5.75 Å². The van der Waals surface area contributed by atoms with Crippen molar-refractivity contribution in [1.82, 2.24) is 0 Å². The largest absolute Gasteiger partial charge is 0.497 e. The number of hydrogen-bond acceptors (Lipinski definition) is 2. The number of hydrogen-bond donors (Lipinski definition) is 0. The third kappa shape index (κ3) is 5.52. The van der Waals surface area contributed by atoms with E-state index in [2.05, 4.69) is 34.1 Å². The van der Waals surface area contributed by atoms with Crippen molar-refractivity contribution in [3.8, 4) is 5.75 Å². The highest BCUT2D eigenvalue weighted by Crippen LogP contribution is 2.18. The lowest BCUT2D eigenvalue weighted by molar-refractivity contribution is 0.117. The van der Waals surface area contributed by atoms with Crippen LogP contribution in [0.3, 0.4) is 0 Å². The number of benzene rings is 2. The van der Waals surface area contributed by atoms with E-state index < -0.39 is 0 Å². The molecule has 21 heavy (non-hydrogen) atoms. The Labute approximate surface area is 135 Å². The molecule has 0 N–H and O–H groups in total. The van der Waals surface area contributed by atoms with Gasteiger partial charge in [0, 0.05) is 11.1 Å². The van der Waals surface area contributed by atoms with E-state index in [9.17, 15) is 0 Å². The molecule has 2 rings (SSSR count). The standard InChI is InChI=1S/C18H21BrO2/c1-20-17-11-9-15(10-12-17)14-21-13-5-4-7-16-6-2-3-8-18(16)19/h2-3,6,8-12H,4-5,7,13-14H2,1H3. The zero-order valence-electron chi connectivity index (χ0n) is 12.3. The fraction of sp³-hybridized carbons (Fsp3) is 0.333. The Morgan fingerprint density at radius 1 is 0.952 bits per heavy atom. The lowest BCUT2D eigenvalue weighted by Crippen LogP contribution is -1.97. The molecule has 0 saturated heterocycles. The highest BCUT2D eigenvalue weighted by atomic mass is 79.9. The maximum absolute atomic E-state index is 5.71. The molecule has 0 fully saturated rings. The summed E-state index contributed by atoms with van der Waals surface area (Å²) in [5.41, 5.74) is 2.55. The maximum Gasteiger partial charge on any atom is 0.118 e. The predicted molar refractivity (Wildman–Crippen MR) is 89.7 cm³/mol. The fourth-order valence-corrected chi connectivity index (χ4v) is 2.62. The first-order chi connectivity index (χ1) is 10.3. The van der Waals surface area contributed by atoms with Gasteiger partial charge in [-0.05, 0) is 48.6 Å². The number of aryl methyl sites for hydroxylation is 1. The molecule has 0 aliphatic carbocycles. The Morgan fingerprint density at radius 2 is 1.71 bits per heavy atom. The van der Waals surface area contributed by atoms with Crippen LogP contribution in [0, 0.1) is 0 Å². The van der Waals surface area contributed by atoms with E-state index in [1.807, 2.05) is 30.3 Å². The maximum atomic E-state index is 5.71. The molecule has 0 spiro atoms. The van der Waals surface area contributed by atoms with Crippen LogP contribution in [-0.2, 0) is 17.8 Å². The molecule has 2 aromatic rings. The zero-order chi connectivity index (χ0) is 14.9. The van der Waals surface area contributed by atoms with Crippen molar-refractivity contribution in [2.24, 2.45) is 0 Å². The van der Waals surface area contributed by atoms with E-state index in [1.165, 1.54) is 15.6 Å². The molecule has 0 radical (unpaired) electrons. The van der Waals surface area contributed by atoms with Gasteiger partial charge in [-0.1, -0.05) is 46.3 Å². The van der Waals surface area contributed by atoms with Crippen LogP contribution in [0.25, 0.3) is 0 Å². The van der Waals surface area contributed by atoms with Crippen LogP contribution < -0.4 is 4.74 Å². The van der Waals surface area contributed by atoms with Gasteiger partial charge in [-0.25, -0.2) is 0 Å². The van der Waals surface area contributed by atoms with Gasteiger partial charge in [-0.2, -0.15) is 0 Å². The fourth-order valence-electron chi connectivity index (χ4n) is 2.13. The quantitative estimate of drug-likeness (QED) is 0.625. The molecule has 0 aliphatic rings. The molecular formula is C18H21BrO2. The second-order valence-electron chi connectivity index (χ2n) is 4.95. The highest BCUT2D eigenvalue weighted by molar-refractivity contribution is 9.10. The summed E-state index contributed by atoms with van der Waals surface area (Å²) in [7, 11) is 1.68. The Balaban J connectivity index is 1.60. The zero-order valence-corrected chi connectivity index (χ0v) is 13.9. The highest BCUT2D eigenvalue weighted by Gasteiger charge is 1.99. The molecule has 0 heterocycles. The summed E-state index contributed by atoms with van der Waals surface area (Å²) in [6.45, 7) is 1.47. The summed E-state index contributed by atoms with van der Waals surface area (Å²) in [5.74, 6) is 0.882. The van der Waals surface area contributed by atoms with Gasteiger partial charge in [0.05, 0.1) is 13.7 Å². The first kappa shape index (κ1) is 16.1. The molecule has 0 unspecified atom stereocenters. The van der Waals surface area contributed by atoms with E-state index in [0.29, 0.717) is 6.61 Å². The number of halogens is 1. The van der Waals surface area contributed by atoms with E-state index in [4.69, 9.17) is 9.47 Å². The van der Waals surface area contributed by atoms with Crippen LogP contribution in [0.4, 0.5) is 0 Å². The number of rotatable bonds is 8. The number of unbranched alkanes of at least 4 members (excludes halogenated alkanes) is 1. The summed E-state index contributed by atoms with van der Waals surface area (Å²) < 4.78 is 12.0. The van der Waals surface area contributed by atoms with E-state index in [-0.39, 0.29) is 0 Å². The molecule has 2 aromatic carbocycles. The summed E-state index contributed by atoms with van der Waals surface area (Å²) in [6, 6.07) is 16.4. The minimum atomic E-state index is 0.666. The average molecular weight is 349 g/mol. The molecule has 0 atom stereocenters. The SMILES string of the molecule is COc1ccc(COCCCCc2ccccc2Br)cc1. The monoisotopic (exact) mass is 348 g/mol. The lowest BCUT2D eigenvalue weighted by Gasteiger charge is -2.06. The van der Waals surface area contributed by atoms with Crippen LogP contribution in [0.1, 0.15) is 24.0 Å². The van der Waals surface area contributed by atoms with E-state index in [0.717, 1.165) is 31.6 Å². The summed E-state index contributed by atoms with van der Waals surface area (Å²) in [5, 5.41) is 0. The molecule has 0 aliphatic heterocycles. The molecule has 0 bridgehead atoms. The lowest BCUT2D eigenvalue weighted by atomic mass is 10.1. The van der Waals surface area contributed by atoms with Crippen molar-refractivity contribution >= 4 is 15.9 Å². The molecule has 0 saturated carbocycles. The Bertz CT molecular complexity index is 537. The van der Waals surface area contributed by atoms with Gasteiger partial charge in [-0.3, -0.25) is 0 Å². The first-order valence-corrected chi connectivity index (χ1v) is 8.03. The first-order valence-electron chi connectivity index (χ1n) is 7.23. The van der Waals surface area contributed by atoms with Gasteiger partial charge in [0.15, 0.2) is 0 Å². The normalized spacial score (nSPS) is 10.6. The third-order valence-electron chi connectivity index (χ3n) is 3.37. The van der Waals surface area contributed by atoms with Crippen LogP contribution in [0.15, 0.2) is 53.0 Å². The minimum absolute atomic E-state index is 0.666. The summed E-state index contributed by atoms with van der Waals surface area (Å²) in [6.07, 6.45) is 3.32. The molecular weight excluding hydrogens is 328 g/mol. The van der Waals surface area contributed by atoms with Gasteiger partial charge >= 0.3 is 0 Å². The Kier molecular flexibility index (Phi) is 6.77. The van der Waals surface area contributed by atoms with Crippen LogP contribution >= 0.6 is 15.9 Å². The second-order valence-corrected chi connectivity index (χ2v) is 5.80. The van der Waals surface area contributed by atoms with Crippen molar-refractivity contribution < 1.29 is 9.47 Å². The van der Waals surface area contributed by atoms with Gasteiger partial charge < -0.3 is 9.47 Å². The van der Waals surface area contributed by atoms with Crippen molar-refractivity contribution in [2.75, 3.05) is 13.7 Å². The van der Waals surface area contributed by atoms with E-state index in [1.54, 1.807) is 7.11 Å². The molecule has 0 amide bonds. The summed E-state index contributed by atoms with van der Waals surface area (Å²) >= 11 is 3.58. The van der Waals surface area contributed by atoms with Gasteiger partial charge in [0.2, 0.25) is 0 Å².